The van der Waals surface area contributed by atoms with Gasteiger partial charge in [-0.05, 0) is 67.6 Å². The molecule has 2 rings (SSSR count). The Morgan fingerprint density at radius 1 is 1.19 bits per heavy atom. The van der Waals surface area contributed by atoms with Gasteiger partial charge in [0.25, 0.3) is 0 Å². The number of pyridine rings is 1. The number of benzene rings is 1. The zero-order chi connectivity index (χ0) is 15.2. The second-order valence-electron chi connectivity index (χ2n) is 4.66. The molecule has 1 aromatic heterocycles. The third-order valence-electron chi connectivity index (χ3n) is 3.25. The average Bonchev–Trinajstić information content (AvgIpc) is 2.47. The second-order valence-corrected chi connectivity index (χ2v) is 6.37. The highest BCUT2D eigenvalue weighted by atomic mass is 79.9. The summed E-state index contributed by atoms with van der Waals surface area (Å²) in [5, 5.41) is 3.44. The van der Waals surface area contributed by atoms with Gasteiger partial charge in [0.15, 0.2) is 0 Å². The van der Waals surface area contributed by atoms with Gasteiger partial charge >= 0.3 is 0 Å². The highest BCUT2D eigenvalue weighted by molar-refractivity contribution is 9.11. The van der Waals surface area contributed by atoms with E-state index in [0.717, 1.165) is 39.9 Å². The van der Waals surface area contributed by atoms with Crippen LogP contribution in [0.4, 0.5) is 0 Å². The molecule has 112 valence electrons. The molecular weight excluding hydrogens is 396 g/mol. The first-order chi connectivity index (χ1) is 10.2. The second kappa shape index (κ2) is 7.92. The number of aryl methyl sites for hydroxylation is 1. The number of halogens is 2. The fourth-order valence-corrected chi connectivity index (χ4v) is 3.79. The highest BCUT2D eigenvalue weighted by Crippen LogP contribution is 2.34. The van der Waals surface area contributed by atoms with Gasteiger partial charge in [-0.1, -0.05) is 13.0 Å². The standard InChI is InChI=1S/C16H18Br2N2O/c1-3-12-5-4-6-20-15(12)10-19-9-11-7-13(17)16(21-2)14(18)8-11/h4-8,19H,3,9-10H2,1-2H3. The first kappa shape index (κ1) is 16.5. The van der Waals surface area contributed by atoms with Crippen molar-refractivity contribution >= 4 is 31.9 Å². The highest BCUT2D eigenvalue weighted by Gasteiger charge is 2.08. The lowest BCUT2D eigenvalue weighted by Crippen LogP contribution is -2.15. The monoisotopic (exact) mass is 412 g/mol. The summed E-state index contributed by atoms with van der Waals surface area (Å²) in [5.74, 6) is 0.816. The Kier molecular flexibility index (Phi) is 6.21. The summed E-state index contributed by atoms with van der Waals surface area (Å²) in [6, 6.07) is 8.25. The van der Waals surface area contributed by atoms with Gasteiger partial charge < -0.3 is 10.1 Å². The Morgan fingerprint density at radius 2 is 1.90 bits per heavy atom. The number of methoxy groups -OCH3 is 1. The van der Waals surface area contributed by atoms with Gasteiger partial charge in [0.1, 0.15) is 5.75 Å². The third kappa shape index (κ3) is 4.28. The predicted octanol–water partition coefficient (Wildman–Crippen LogP) is 4.47. The predicted molar refractivity (Wildman–Crippen MR) is 92.6 cm³/mol. The number of aromatic nitrogens is 1. The fraction of sp³-hybridized carbons (Fsp3) is 0.312. The molecule has 0 amide bonds. The minimum Gasteiger partial charge on any atom is -0.494 e. The van der Waals surface area contributed by atoms with E-state index in [1.165, 1.54) is 11.1 Å². The van der Waals surface area contributed by atoms with Crippen LogP contribution in [0, 0.1) is 0 Å². The van der Waals surface area contributed by atoms with Crippen LogP contribution < -0.4 is 10.1 Å². The fourth-order valence-electron chi connectivity index (χ4n) is 2.19. The van der Waals surface area contributed by atoms with E-state index in [2.05, 4.69) is 67.3 Å². The Bertz CT molecular complexity index is 594. The molecule has 0 saturated heterocycles. The number of nitrogens with zero attached hydrogens (tertiary/aromatic N) is 1. The maximum atomic E-state index is 5.31. The molecular formula is C16H18Br2N2O. The van der Waals surface area contributed by atoms with Crippen LogP contribution in [0.3, 0.4) is 0 Å². The van der Waals surface area contributed by atoms with Crippen molar-refractivity contribution in [2.75, 3.05) is 7.11 Å². The lowest BCUT2D eigenvalue weighted by atomic mass is 10.1. The number of ether oxygens (including phenoxy) is 1. The lowest BCUT2D eigenvalue weighted by Gasteiger charge is -2.11. The van der Waals surface area contributed by atoms with Crippen LogP contribution in [0.5, 0.6) is 5.75 Å². The lowest BCUT2D eigenvalue weighted by molar-refractivity contribution is 0.409. The molecule has 1 aromatic carbocycles. The minimum atomic E-state index is 0.769. The van der Waals surface area contributed by atoms with E-state index < -0.39 is 0 Å². The summed E-state index contributed by atoms with van der Waals surface area (Å²) < 4.78 is 7.21. The van der Waals surface area contributed by atoms with Gasteiger partial charge in [-0.3, -0.25) is 4.98 Å². The normalized spacial score (nSPS) is 10.7. The maximum absolute atomic E-state index is 5.31. The van der Waals surface area contributed by atoms with Crippen molar-refractivity contribution in [2.45, 2.75) is 26.4 Å². The molecule has 3 nitrogen and oxygen atoms in total. The summed E-state index contributed by atoms with van der Waals surface area (Å²) in [6.07, 6.45) is 2.85. The smallest absolute Gasteiger partial charge is 0.147 e. The summed E-state index contributed by atoms with van der Waals surface area (Å²) in [4.78, 5) is 4.44. The van der Waals surface area contributed by atoms with Gasteiger partial charge in [-0.25, -0.2) is 0 Å². The van der Waals surface area contributed by atoms with E-state index in [9.17, 15) is 0 Å². The largest absolute Gasteiger partial charge is 0.494 e. The molecule has 0 aliphatic rings. The summed E-state index contributed by atoms with van der Waals surface area (Å²) >= 11 is 7.05. The molecule has 1 N–H and O–H groups in total. The van der Waals surface area contributed by atoms with Gasteiger partial charge in [0.05, 0.1) is 21.7 Å². The van der Waals surface area contributed by atoms with E-state index in [4.69, 9.17) is 4.74 Å². The Morgan fingerprint density at radius 3 is 2.52 bits per heavy atom. The molecule has 0 spiro atoms. The summed E-state index contributed by atoms with van der Waals surface area (Å²) in [7, 11) is 1.66. The first-order valence-electron chi connectivity index (χ1n) is 6.81. The van der Waals surface area contributed by atoms with E-state index >= 15 is 0 Å². The zero-order valence-electron chi connectivity index (χ0n) is 12.1. The molecule has 0 unspecified atom stereocenters. The molecule has 0 fully saturated rings. The number of hydrogen-bond donors (Lipinski definition) is 1. The molecule has 21 heavy (non-hydrogen) atoms. The Labute approximate surface area is 142 Å². The van der Waals surface area contributed by atoms with Crippen molar-refractivity contribution < 1.29 is 4.74 Å². The molecule has 0 aliphatic heterocycles. The van der Waals surface area contributed by atoms with Gasteiger partial charge in [0.2, 0.25) is 0 Å². The first-order valence-corrected chi connectivity index (χ1v) is 8.39. The van der Waals surface area contributed by atoms with Crippen LogP contribution >= 0.6 is 31.9 Å². The van der Waals surface area contributed by atoms with Crippen LogP contribution in [-0.2, 0) is 19.5 Å². The molecule has 5 heteroatoms. The van der Waals surface area contributed by atoms with Crippen LogP contribution in [0.25, 0.3) is 0 Å². The maximum Gasteiger partial charge on any atom is 0.147 e. The van der Waals surface area contributed by atoms with Crippen molar-refractivity contribution in [3.8, 4) is 5.75 Å². The van der Waals surface area contributed by atoms with E-state index in [0.29, 0.717) is 0 Å². The van der Waals surface area contributed by atoms with E-state index in [1.54, 1.807) is 7.11 Å². The van der Waals surface area contributed by atoms with Crippen LogP contribution in [0.2, 0.25) is 0 Å². The van der Waals surface area contributed by atoms with Crippen molar-refractivity contribution in [3.63, 3.8) is 0 Å². The third-order valence-corrected chi connectivity index (χ3v) is 4.43. The number of nitrogens with one attached hydrogen (secondary N) is 1. The molecule has 0 bridgehead atoms. The zero-order valence-corrected chi connectivity index (χ0v) is 15.3. The van der Waals surface area contributed by atoms with Crippen molar-refractivity contribution in [1.29, 1.82) is 0 Å². The van der Waals surface area contributed by atoms with E-state index in [-0.39, 0.29) is 0 Å². The van der Waals surface area contributed by atoms with Crippen molar-refractivity contribution in [3.05, 3.63) is 56.2 Å². The minimum absolute atomic E-state index is 0.769. The van der Waals surface area contributed by atoms with Crippen LogP contribution in [0.15, 0.2) is 39.4 Å². The summed E-state index contributed by atoms with van der Waals surface area (Å²) in [5.41, 5.74) is 3.59. The van der Waals surface area contributed by atoms with E-state index in [1.807, 2.05) is 12.3 Å². The SMILES string of the molecule is CCc1cccnc1CNCc1cc(Br)c(OC)c(Br)c1. The Hall–Kier alpha value is -0.910. The van der Waals surface area contributed by atoms with Crippen LogP contribution in [0.1, 0.15) is 23.7 Å². The average molecular weight is 414 g/mol. The Balaban J connectivity index is 2.01. The molecule has 0 saturated carbocycles. The molecule has 1 heterocycles. The van der Waals surface area contributed by atoms with Gasteiger partial charge in [-0.2, -0.15) is 0 Å². The number of rotatable bonds is 6. The van der Waals surface area contributed by atoms with Gasteiger partial charge in [0, 0.05) is 19.3 Å². The summed E-state index contributed by atoms with van der Waals surface area (Å²) in [6.45, 7) is 3.70. The molecule has 0 radical (unpaired) electrons. The molecule has 2 aromatic rings. The molecule has 0 atom stereocenters. The topological polar surface area (TPSA) is 34.2 Å². The van der Waals surface area contributed by atoms with Gasteiger partial charge in [-0.15, -0.1) is 0 Å². The van der Waals surface area contributed by atoms with Crippen molar-refractivity contribution in [1.82, 2.24) is 10.3 Å². The quantitative estimate of drug-likeness (QED) is 0.758. The van der Waals surface area contributed by atoms with Crippen LogP contribution in [-0.4, -0.2) is 12.1 Å². The number of hydrogen-bond acceptors (Lipinski definition) is 3. The molecule has 0 aliphatic carbocycles. The van der Waals surface area contributed by atoms with Crippen molar-refractivity contribution in [2.24, 2.45) is 0 Å².